The van der Waals surface area contributed by atoms with Gasteiger partial charge in [0, 0.05) is 6.54 Å². The van der Waals surface area contributed by atoms with Crippen molar-refractivity contribution in [2.45, 2.75) is 19.0 Å². The van der Waals surface area contributed by atoms with Gasteiger partial charge in [0.05, 0.1) is 6.54 Å². The van der Waals surface area contributed by atoms with E-state index in [9.17, 15) is 9.18 Å². The number of alkyl halides is 1. The van der Waals surface area contributed by atoms with Crippen molar-refractivity contribution < 1.29 is 14.3 Å². The summed E-state index contributed by atoms with van der Waals surface area (Å²) in [5.74, 6) is -0.876. The van der Waals surface area contributed by atoms with E-state index in [0.29, 0.717) is 13.0 Å². The first-order valence-electron chi connectivity index (χ1n) is 3.76. The van der Waals surface area contributed by atoms with Crippen LogP contribution >= 0.6 is 0 Å². The minimum Gasteiger partial charge on any atom is -0.480 e. The largest absolute Gasteiger partial charge is 0.480 e. The Morgan fingerprint density at radius 2 is 2.45 bits per heavy atom. The number of hydrogen-bond donors (Lipinski definition) is 1. The maximum atomic E-state index is 12.6. The molecule has 0 aromatic carbocycles. The lowest BCUT2D eigenvalue weighted by Crippen LogP contribution is -2.39. The number of nitrogens with zero attached hydrogens (tertiary/aromatic N) is 1. The summed E-state index contributed by atoms with van der Waals surface area (Å²) in [5.41, 5.74) is 0. The topological polar surface area (TPSA) is 40.5 Å². The van der Waals surface area contributed by atoms with Crippen molar-refractivity contribution in [3.8, 4) is 0 Å². The Kier molecular flexibility index (Phi) is 2.82. The number of aliphatic carboxylic acids is 1. The van der Waals surface area contributed by atoms with E-state index < -0.39 is 12.1 Å². The third-order valence-corrected chi connectivity index (χ3v) is 1.81. The Balaban J connectivity index is 2.28. The van der Waals surface area contributed by atoms with E-state index in [4.69, 9.17) is 5.11 Å². The summed E-state index contributed by atoms with van der Waals surface area (Å²) in [7, 11) is 0. The van der Waals surface area contributed by atoms with Crippen molar-refractivity contribution in [2.75, 3.05) is 19.6 Å². The molecule has 0 unspecified atom stereocenters. The number of hydrogen-bond acceptors (Lipinski definition) is 2. The molecular formula is C7H12FNO2. The molecule has 3 nitrogen and oxygen atoms in total. The molecule has 0 radical (unpaired) electrons. The number of carboxylic acids is 1. The van der Waals surface area contributed by atoms with Crippen molar-refractivity contribution in [1.29, 1.82) is 0 Å². The lowest BCUT2D eigenvalue weighted by molar-refractivity contribution is -0.138. The van der Waals surface area contributed by atoms with E-state index in [1.807, 2.05) is 0 Å². The summed E-state index contributed by atoms with van der Waals surface area (Å²) in [4.78, 5) is 11.8. The second-order valence-corrected chi connectivity index (χ2v) is 2.87. The van der Waals surface area contributed by atoms with Gasteiger partial charge in [-0.05, 0) is 19.4 Å². The molecule has 1 N–H and O–H groups in total. The quantitative estimate of drug-likeness (QED) is 0.641. The van der Waals surface area contributed by atoms with E-state index >= 15 is 0 Å². The van der Waals surface area contributed by atoms with Crippen molar-refractivity contribution >= 4 is 5.97 Å². The summed E-state index contributed by atoms with van der Waals surface area (Å²) in [6, 6.07) is 0. The fraction of sp³-hybridized carbons (Fsp3) is 0.857. The molecule has 11 heavy (non-hydrogen) atoms. The van der Waals surface area contributed by atoms with Crippen LogP contribution in [0.15, 0.2) is 0 Å². The summed E-state index contributed by atoms with van der Waals surface area (Å²) in [6.07, 6.45) is 0.521. The highest BCUT2D eigenvalue weighted by Crippen LogP contribution is 2.11. The Labute approximate surface area is 64.8 Å². The van der Waals surface area contributed by atoms with Gasteiger partial charge in [0.2, 0.25) is 0 Å². The first-order valence-corrected chi connectivity index (χ1v) is 3.76. The minimum atomic E-state index is -0.876. The summed E-state index contributed by atoms with van der Waals surface area (Å²) in [5, 5.41) is 8.39. The molecule has 64 valence electrons. The van der Waals surface area contributed by atoms with Gasteiger partial charge < -0.3 is 5.11 Å². The fourth-order valence-electron chi connectivity index (χ4n) is 1.33. The van der Waals surface area contributed by atoms with Gasteiger partial charge in [-0.25, -0.2) is 4.39 Å². The molecule has 0 aliphatic carbocycles. The summed E-state index contributed by atoms with van der Waals surface area (Å²) in [6.45, 7) is 0.972. The molecule has 1 atom stereocenters. The highest BCUT2D eigenvalue weighted by atomic mass is 19.1. The van der Waals surface area contributed by atoms with Gasteiger partial charge in [-0.2, -0.15) is 0 Å². The lowest BCUT2D eigenvalue weighted by atomic mass is 10.1. The molecule has 1 fully saturated rings. The lowest BCUT2D eigenvalue weighted by Gasteiger charge is -2.26. The zero-order valence-corrected chi connectivity index (χ0v) is 6.29. The number of carbonyl (C=O) groups is 1. The van der Waals surface area contributed by atoms with E-state index in [-0.39, 0.29) is 13.1 Å². The predicted molar refractivity (Wildman–Crippen MR) is 38.2 cm³/mol. The van der Waals surface area contributed by atoms with Crippen LogP contribution < -0.4 is 0 Å². The molecule has 0 spiro atoms. The molecule has 0 bridgehead atoms. The number of halogens is 1. The first-order chi connectivity index (χ1) is 5.18. The van der Waals surface area contributed by atoms with Crippen LogP contribution in [0.25, 0.3) is 0 Å². The first kappa shape index (κ1) is 8.46. The summed E-state index contributed by atoms with van der Waals surface area (Å²) < 4.78 is 12.6. The SMILES string of the molecule is O=C(O)CN1CCC[C@H](F)C1. The molecule has 1 aliphatic rings. The Morgan fingerprint density at radius 1 is 1.73 bits per heavy atom. The Bertz CT molecular complexity index is 151. The second kappa shape index (κ2) is 3.67. The predicted octanol–water partition coefficient (Wildman–Crippen LogP) is 0.505. The number of carboxylic acid groups (broad SMARTS) is 1. The van der Waals surface area contributed by atoms with Crippen LogP contribution in [0.2, 0.25) is 0 Å². The van der Waals surface area contributed by atoms with Crippen molar-refractivity contribution in [1.82, 2.24) is 4.90 Å². The molecule has 1 aliphatic heterocycles. The fourth-order valence-corrected chi connectivity index (χ4v) is 1.33. The molecule has 0 amide bonds. The number of rotatable bonds is 2. The molecule has 0 aromatic rings. The third kappa shape index (κ3) is 2.84. The molecule has 4 heteroatoms. The third-order valence-electron chi connectivity index (χ3n) is 1.81. The zero-order valence-electron chi connectivity index (χ0n) is 6.29. The van der Waals surface area contributed by atoms with Crippen LogP contribution in [0, 0.1) is 0 Å². The van der Waals surface area contributed by atoms with Crippen LogP contribution in [0.4, 0.5) is 4.39 Å². The van der Waals surface area contributed by atoms with Gasteiger partial charge in [-0.1, -0.05) is 0 Å². The van der Waals surface area contributed by atoms with Crippen molar-refractivity contribution in [2.24, 2.45) is 0 Å². The Morgan fingerprint density at radius 3 is 3.00 bits per heavy atom. The van der Waals surface area contributed by atoms with Gasteiger partial charge in [0.1, 0.15) is 6.17 Å². The highest BCUT2D eigenvalue weighted by molar-refractivity contribution is 5.69. The summed E-state index contributed by atoms with van der Waals surface area (Å²) >= 11 is 0. The maximum Gasteiger partial charge on any atom is 0.317 e. The van der Waals surface area contributed by atoms with Crippen LogP contribution in [-0.2, 0) is 4.79 Å². The van der Waals surface area contributed by atoms with Crippen molar-refractivity contribution in [3.05, 3.63) is 0 Å². The zero-order chi connectivity index (χ0) is 8.27. The van der Waals surface area contributed by atoms with E-state index in [1.165, 1.54) is 0 Å². The average Bonchev–Trinajstić information content (AvgIpc) is 1.85. The maximum absolute atomic E-state index is 12.6. The van der Waals surface area contributed by atoms with Crippen LogP contribution in [0.3, 0.4) is 0 Å². The van der Waals surface area contributed by atoms with E-state index in [0.717, 1.165) is 6.42 Å². The van der Waals surface area contributed by atoms with Crippen molar-refractivity contribution in [3.63, 3.8) is 0 Å². The average molecular weight is 161 g/mol. The van der Waals surface area contributed by atoms with E-state index in [2.05, 4.69) is 0 Å². The van der Waals surface area contributed by atoms with Gasteiger partial charge in [-0.3, -0.25) is 9.69 Å². The molecular weight excluding hydrogens is 149 g/mol. The van der Waals surface area contributed by atoms with Gasteiger partial charge in [0.15, 0.2) is 0 Å². The van der Waals surface area contributed by atoms with Gasteiger partial charge >= 0.3 is 5.97 Å². The Hall–Kier alpha value is -0.640. The monoisotopic (exact) mass is 161 g/mol. The molecule has 1 saturated heterocycles. The normalized spacial score (nSPS) is 26.8. The van der Waals surface area contributed by atoms with E-state index in [1.54, 1.807) is 4.90 Å². The molecule has 0 saturated carbocycles. The molecule has 0 aromatic heterocycles. The van der Waals surface area contributed by atoms with Crippen LogP contribution in [0.5, 0.6) is 0 Å². The van der Waals surface area contributed by atoms with Crippen LogP contribution in [0.1, 0.15) is 12.8 Å². The van der Waals surface area contributed by atoms with Gasteiger partial charge in [0.25, 0.3) is 0 Å². The molecule has 1 rings (SSSR count). The second-order valence-electron chi connectivity index (χ2n) is 2.87. The molecule has 1 heterocycles. The number of piperidine rings is 1. The minimum absolute atomic E-state index is 0.0274. The van der Waals surface area contributed by atoms with Gasteiger partial charge in [-0.15, -0.1) is 0 Å². The smallest absolute Gasteiger partial charge is 0.317 e. The standard InChI is InChI=1S/C7H12FNO2/c8-6-2-1-3-9(4-6)5-7(10)11/h6H,1-5H2,(H,10,11)/t6-/m0/s1. The highest BCUT2D eigenvalue weighted by Gasteiger charge is 2.20. The number of likely N-dealkylation sites (tertiary alicyclic amines) is 1. The van der Waals surface area contributed by atoms with Crippen LogP contribution in [-0.4, -0.2) is 41.8 Å².